The van der Waals surface area contributed by atoms with Crippen molar-refractivity contribution in [3.05, 3.63) is 94.7 Å². The molecule has 1 aliphatic heterocycles. The molecule has 0 spiro atoms. The zero-order valence-corrected chi connectivity index (χ0v) is 19.5. The molecule has 5 nitrogen and oxygen atoms in total. The van der Waals surface area contributed by atoms with Crippen molar-refractivity contribution in [1.29, 1.82) is 0 Å². The first-order valence-electron chi connectivity index (χ1n) is 11.2. The van der Waals surface area contributed by atoms with E-state index in [4.69, 9.17) is 9.47 Å². The van der Waals surface area contributed by atoms with Gasteiger partial charge >= 0.3 is 0 Å². The highest BCUT2D eigenvalue weighted by Gasteiger charge is 2.39. The van der Waals surface area contributed by atoms with E-state index in [0.717, 1.165) is 23.1 Å². The fourth-order valence-corrected chi connectivity index (χ4v) is 5.09. The van der Waals surface area contributed by atoms with E-state index in [9.17, 15) is 4.79 Å². The monoisotopic (exact) mass is 440 g/mol. The Morgan fingerprint density at radius 1 is 0.909 bits per heavy atom. The molecule has 33 heavy (non-hydrogen) atoms. The fraction of sp³-hybridized carbons (Fsp3) is 0.250. The Bertz CT molecular complexity index is 1350. The Morgan fingerprint density at radius 2 is 1.64 bits per heavy atom. The van der Waals surface area contributed by atoms with E-state index in [-0.39, 0.29) is 11.9 Å². The SMILES string of the molecule is COc1ccc(CCN2C(=O)c3ccccc3C2c2c(C)n(C)c3ccccc23)cc1OC. The summed E-state index contributed by atoms with van der Waals surface area (Å²) in [6.45, 7) is 2.75. The number of hydrogen-bond acceptors (Lipinski definition) is 3. The van der Waals surface area contributed by atoms with Crippen molar-refractivity contribution in [1.82, 2.24) is 9.47 Å². The second-order valence-corrected chi connectivity index (χ2v) is 8.50. The van der Waals surface area contributed by atoms with Crippen molar-refractivity contribution in [2.45, 2.75) is 19.4 Å². The first-order valence-corrected chi connectivity index (χ1v) is 11.2. The van der Waals surface area contributed by atoms with Crippen molar-refractivity contribution < 1.29 is 14.3 Å². The van der Waals surface area contributed by atoms with Crippen molar-refractivity contribution in [3.63, 3.8) is 0 Å². The van der Waals surface area contributed by atoms with E-state index in [0.29, 0.717) is 18.0 Å². The van der Waals surface area contributed by atoms with E-state index in [1.807, 2.05) is 41.3 Å². The molecule has 1 aliphatic rings. The van der Waals surface area contributed by atoms with Crippen LogP contribution in [-0.2, 0) is 13.5 Å². The van der Waals surface area contributed by atoms with E-state index in [1.165, 1.54) is 22.2 Å². The molecule has 0 bridgehead atoms. The zero-order valence-electron chi connectivity index (χ0n) is 19.5. The number of carbonyl (C=O) groups is 1. The standard InChI is InChI=1S/C28H28N2O3/c1-18-26(22-11-7-8-12-23(22)29(18)2)27-20-9-5-6-10-21(20)28(31)30(27)16-15-19-13-14-24(32-3)25(17-19)33-4/h5-14,17,27H,15-16H2,1-4H3. The van der Waals surface area contributed by atoms with Crippen LogP contribution in [0.4, 0.5) is 0 Å². The lowest BCUT2D eigenvalue weighted by Gasteiger charge is -2.26. The third-order valence-electron chi connectivity index (χ3n) is 6.87. The van der Waals surface area contributed by atoms with Crippen LogP contribution in [0.2, 0.25) is 0 Å². The number of fused-ring (bicyclic) bond motifs is 2. The minimum Gasteiger partial charge on any atom is -0.493 e. The summed E-state index contributed by atoms with van der Waals surface area (Å²) in [7, 11) is 5.37. The third-order valence-corrected chi connectivity index (χ3v) is 6.87. The molecule has 0 fully saturated rings. The van der Waals surface area contributed by atoms with Crippen LogP contribution in [0.15, 0.2) is 66.7 Å². The van der Waals surface area contributed by atoms with Crippen LogP contribution >= 0.6 is 0 Å². The molecule has 4 aromatic rings. The van der Waals surface area contributed by atoms with Gasteiger partial charge in [-0.15, -0.1) is 0 Å². The van der Waals surface area contributed by atoms with Gasteiger partial charge in [-0.3, -0.25) is 4.79 Å². The third kappa shape index (κ3) is 3.35. The number of benzene rings is 3. The molecule has 1 atom stereocenters. The Balaban J connectivity index is 1.56. The van der Waals surface area contributed by atoms with Crippen LogP contribution in [0.1, 0.15) is 38.8 Å². The van der Waals surface area contributed by atoms with Crippen LogP contribution in [0.25, 0.3) is 10.9 Å². The number of hydrogen-bond donors (Lipinski definition) is 0. The number of aromatic nitrogens is 1. The van der Waals surface area contributed by atoms with E-state index < -0.39 is 0 Å². The van der Waals surface area contributed by atoms with Gasteiger partial charge in [-0.25, -0.2) is 0 Å². The van der Waals surface area contributed by atoms with Crippen LogP contribution in [0.5, 0.6) is 11.5 Å². The topological polar surface area (TPSA) is 43.7 Å². The largest absolute Gasteiger partial charge is 0.493 e. The maximum Gasteiger partial charge on any atom is 0.255 e. The molecule has 0 N–H and O–H groups in total. The average Bonchev–Trinajstić information content (AvgIpc) is 3.27. The number of nitrogens with zero attached hydrogens (tertiary/aromatic N) is 2. The maximum atomic E-state index is 13.6. The molecule has 0 saturated heterocycles. The number of ether oxygens (including phenoxy) is 2. The van der Waals surface area contributed by atoms with Crippen molar-refractivity contribution >= 4 is 16.8 Å². The summed E-state index contributed by atoms with van der Waals surface area (Å²) in [6.07, 6.45) is 0.723. The van der Waals surface area contributed by atoms with Crippen LogP contribution < -0.4 is 9.47 Å². The molecule has 1 unspecified atom stereocenters. The van der Waals surface area contributed by atoms with Crippen molar-refractivity contribution in [3.8, 4) is 11.5 Å². The predicted octanol–water partition coefficient (Wildman–Crippen LogP) is 5.29. The first kappa shape index (κ1) is 21.1. The Hall–Kier alpha value is -3.73. The average molecular weight is 441 g/mol. The molecule has 2 heterocycles. The summed E-state index contributed by atoms with van der Waals surface area (Å²) in [5, 5.41) is 1.20. The summed E-state index contributed by atoms with van der Waals surface area (Å²) in [4.78, 5) is 15.6. The van der Waals surface area contributed by atoms with E-state index in [1.54, 1.807) is 14.2 Å². The minimum atomic E-state index is -0.111. The lowest BCUT2D eigenvalue weighted by molar-refractivity contribution is 0.0752. The van der Waals surface area contributed by atoms with Gasteiger partial charge in [0.15, 0.2) is 11.5 Å². The molecule has 0 radical (unpaired) electrons. The highest BCUT2D eigenvalue weighted by Crippen LogP contribution is 2.43. The van der Waals surface area contributed by atoms with Crippen molar-refractivity contribution in [2.24, 2.45) is 7.05 Å². The molecule has 0 aliphatic carbocycles. The van der Waals surface area contributed by atoms with Crippen molar-refractivity contribution in [2.75, 3.05) is 20.8 Å². The van der Waals surface area contributed by atoms with Crippen LogP contribution in [0, 0.1) is 6.92 Å². The zero-order chi connectivity index (χ0) is 23.1. The smallest absolute Gasteiger partial charge is 0.255 e. The van der Waals surface area contributed by atoms with Gasteiger partial charge in [0.25, 0.3) is 5.91 Å². The maximum absolute atomic E-state index is 13.6. The lowest BCUT2D eigenvalue weighted by atomic mass is 9.95. The number of methoxy groups -OCH3 is 2. The summed E-state index contributed by atoms with van der Waals surface area (Å²) in [5.41, 5.74) is 6.54. The molecule has 0 saturated carbocycles. The number of aryl methyl sites for hydroxylation is 1. The molecule has 5 rings (SSSR count). The normalized spacial score (nSPS) is 15.2. The highest BCUT2D eigenvalue weighted by molar-refractivity contribution is 6.01. The second-order valence-electron chi connectivity index (χ2n) is 8.50. The summed E-state index contributed by atoms with van der Waals surface area (Å²) < 4.78 is 13.1. The molecule has 5 heteroatoms. The van der Waals surface area contributed by atoms with Gasteiger partial charge < -0.3 is 18.9 Å². The highest BCUT2D eigenvalue weighted by atomic mass is 16.5. The second kappa shape index (κ2) is 8.32. The van der Waals surface area contributed by atoms with Gasteiger partial charge in [-0.1, -0.05) is 42.5 Å². The molecule has 1 aromatic heterocycles. The Morgan fingerprint density at radius 3 is 2.42 bits per heavy atom. The van der Waals surface area contributed by atoms with Crippen LogP contribution in [0.3, 0.4) is 0 Å². The number of carbonyl (C=O) groups excluding carboxylic acids is 1. The minimum absolute atomic E-state index is 0.0865. The summed E-state index contributed by atoms with van der Waals surface area (Å²) >= 11 is 0. The van der Waals surface area contributed by atoms with Gasteiger partial charge in [0, 0.05) is 41.3 Å². The number of rotatable bonds is 6. The summed E-state index contributed by atoms with van der Waals surface area (Å²) in [5.74, 6) is 1.49. The van der Waals surface area contributed by atoms with Gasteiger partial charge in [-0.05, 0) is 48.7 Å². The fourth-order valence-electron chi connectivity index (χ4n) is 5.09. The molecule has 168 valence electrons. The van der Waals surface area contributed by atoms with Gasteiger partial charge in [-0.2, -0.15) is 0 Å². The van der Waals surface area contributed by atoms with E-state index in [2.05, 4.69) is 48.9 Å². The van der Waals surface area contributed by atoms with E-state index >= 15 is 0 Å². The summed E-state index contributed by atoms with van der Waals surface area (Å²) in [6, 6.07) is 22.3. The quantitative estimate of drug-likeness (QED) is 0.409. The molecular weight excluding hydrogens is 412 g/mol. The van der Waals surface area contributed by atoms with Crippen LogP contribution in [-0.4, -0.2) is 36.1 Å². The molecule has 3 aromatic carbocycles. The Labute approximate surface area is 194 Å². The predicted molar refractivity (Wildman–Crippen MR) is 130 cm³/mol. The first-order chi connectivity index (χ1) is 16.0. The Kier molecular flexibility index (Phi) is 5.33. The number of para-hydroxylation sites is 1. The molecule has 1 amide bonds. The van der Waals surface area contributed by atoms with Gasteiger partial charge in [0.2, 0.25) is 0 Å². The number of amides is 1. The molecular formula is C28H28N2O3. The van der Waals surface area contributed by atoms with Gasteiger partial charge in [0.1, 0.15) is 0 Å². The lowest BCUT2D eigenvalue weighted by Crippen LogP contribution is -2.31. The van der Waals surface area contributed by atoms with Gasteiger partial charge in [0.05, 0.1) is 20.3 Å².